The van der Waals surface area contributed by atoms with Crippen molar-refractivity contribution in [3.8, 4) is 5.75 Å². The van der Waals surface area contributed by atoms with Crippen molar-refractivity contribution in [3.05, 3.63) is 30.3 Å². The number of ether oxygens (including phenoxy) is 1. The molecule has 0 spiro atoms. The van der Waals surface area contributed by atoms with Crippen LogP contribution in [0.5, 0.6) is 5.75 Å². The molecule has 1 amide bonds. The number of carbonyl (C=O) groups excluding carboxylic acids is 1. The lowest BCUT2D eigenvalue weighted by Crippen LogP contribution is -2.45. The van der Waals surface area contributed by atoms with Gasteiger partial charge in [0.2, 0.25) is 5.91 Å². The van der Waals surface area contributed by atoms with Crippen LogP contribution in [0.2, 0.25) is 0 Å². The number of rotatable bonds is 9. The van der Waals surface area contributed by atoms with Gasteiger partial charge >= 0.3 is 0 Å². The summed E-state index contributed by atoms with van der Waals surface area (Å²) in [6, 6.07) is 10.1. The zero-order chi connectivity index (χ0) is 17.2. The summed E-state index contributed by atoms with van der Waals surface area (Å²) in [5, 5.41) is 13.5. The number of para-hydroxylation sites is 1. The molecule has 24 heavy (non-hydrogen) atoms. The molecule has 1 aliphatic heterocycles. The van der Waals surface area contributed by atoms with Gasteiger partial charge in [0.15, 0.2) is 0 Å². The van der Waals surface area contributed by atoms with Crippen molar-refractivity contribution < 1.29 is 14.6 Å². The second-order valence-electron chi connectivity index (χ2n) is 6.38. The summed E-state index contributed by atoms with van der Waals surface area (Å²) < 4.78 is 5.55. The topological polar surface area (TPSA) is 61.8 Å². The number of hydrogen-bond donors (Lipinski definition) is 2. The highest BCUT2D eigenvalue weighted by atomic mass is 16.5. The van der Waals surface area contributed by atoms with E-state index in [4.69, 9.17) is 4.74 Å². The van der Waals surface area contributed by atoms with Crippen LogP contribution < -0.4 is 10.1 Å². The molecule has 5 nitrogen and oxygen atoms in total. The van der Waals surface area contributed by atoms with E-state index in [1.54, 1.807) is 0 Å². The SMILES string of the molecule is CCC(=O)N1CCC(NCCCC(O)COc2ccccc2)CC1. The molecule has 2 rings (SSSR count). The third-order valence-corrected chi connectivity index (χ3v) is 4.48. The molecule has 1 unspecified atom stereocenters. The smallest absolute Gasteiger partial charge is 0.222 e. The molecule has 134 valence electrons. The molecule has 2 N–H and O–H groups in total. The standard InChI is InChI=1S/C19H30N2O3/c1-2-19(23)21-13-10-16(11-14-21)20-12-6-7-17(22)15-24-18-8-4-3-5-9-18/h3-5,8-9,16-17,20,22H,2,6-7,10-15H2,1H3. The normalized spacial score (nSPS) is 16.8. The Morgan fingerprint density at radius 1 is 1.33 bits per heavy atom. The van der Waals surface area contributed by atoms with Gasteiger partial charge in [-0.1, -0.05) is 25.1 Å². The van der Waals surface area contributed by atoms with Gasteiger partial charge in [-0.3, -0.25) is 4.79 Å². The van der Waals surface area contributed by atoms with Crippen molar-refractivity contribution in [1.29, 1.82) is 0 Å². The Kier molecular flexibility index (Phi) is 8.05. The maximum atomic E-state index is 11.6. The number of carbonyl (C=O) groups is 1. The maximum Gasteiger partial charge on any atom is 0.222 e. The Balaban J connectivity index is 1.51. The van der Waals surface area contributed by atoms with E-state index in [9.17, 15) is 9.90 Å². The number of nitrogens with zero attached hydrogens (tertiary/aromatic N) is 1. The van der Waals surface area contributed by atoms with E-state index in [-0.39, 0.29) is 5.91 Å². The zero-order valence-corrected chi connectivity index (χ0v) is 14.6. The highest BCUT2D eigenvalue weighted by Crippen LogP contribution is 2.12. The van der Waals surface area contributed by atoms with Crippen LogP contribution in [-0.2, 0) is 4.79 Å². The largest absolute Gasteiger partial charge is 0.491 e. The zero-order valence-electron chi connectivity index (χ0n) is 14.6. The Hall–Kier alpha value is -1.59. The van der Waals surface area contributed by atoms with Crippen LogP contribution in [0.25, 0.3) is 0 Å². The number of amides is 1. The van der Waals surface area contributed by atoms with E-state index < -0.39 is 6.10 Å². The van der Waals surface area contributed by atoms with Crippen LogP contribution in [0.4, 0.5) is 0 Å². The molecule has 0 radical (unpaired) electrons. The van der Waals surface area contributed by atoms with Crippen molar-refractivity contribution in [1.82, 2.24) is 10.2 Å². The maximum absolute atomic E-state index is 11.6. The fourth-order valence-electron chi connectivity index (χ4n) is 2.99. The van der Waals surface area contributed by atoms with Gasteiger partial charge < -0.3 is 20.1 Å². The summed E-state index contributed by atoms with van der Waals surface area (Å²) in [4.78, 5) is 13.6. The number of hydrogen-bond acceptors (Lipinski definition) is 4. The lowest BCUT2D eigenvalue weighted by molar-refractivity contribution is -0.131. The lowest BCUT2D eigenvalue weighted by atomic mass is 10.0. The van der Waals surface area contributed by atoms with Gasteiger partial charge in [-0.25, -0.2) is 0 Å². The second-order valence-corrected chi connectivity index (χ2v) is 6.38. The first kappa shape index (κ1) is 18.7. The number of piperidine rings is 1. The lowest BCUT2D eigenvalue weighted by Gasteiger charge is -2.32. The van der Waals surface area contributed by atoms with Gasteiger partial charge in [-0.05, 0) is 44.4 Å². The van der Waals surface area contributed by atoms with Crippen LogP contribution in [-0.4, -0.2) is 54.3 Å². The molecule has 1 fully saturated rings. The molecule has 1 aliphatic rings. The fraction of sp³-hybridized carbons (Fsp3) is 0.632. The summed E-state index contributed by atoms with van der Waals surface area (Å²) in [6.07, 6.45) is 3.86. The number of aliphatic hydroxyl groups is 1. The van der Waals surface area contributed by atoms with E-state index in [0.717, 1.165) is 51.1 Å². The Morgan fingerprint density at radius 2 is 2.04 bits per heavy atom. The Bertz CT molecular complexity index is 473. The van der Waals surface area contributed by atoms with Gasteiger partial charge in [-0.2, -0.15) is 0 Å². The van der Waals surface area contributed by atoms with E-state index in [1.807, 2.05) is 42.2 Å². The molecule has 0 aromatic heterocycles. The first-order valence-electron chi connectivity index (χ1n) is 9.06. The van der Waals surface area contributed by atoms with Gasteiger partial charge in [-0.15, -0.1) is 0 Å². The van der Waals surface area contributed by atoms with E-state index in [2.05, 4.69) is 5.32 Å². The molecule has 1 heterocycles. The number of nitrogens with one attached hydrogen (secondary N) is 1. The summed E-state index contributed by atoms with van der Waals surface area (Å²) in [7, 11) is 0. The highest BCUT2D eigenvalue weighted by molar-refractivity contribution is 5.75. The van der Waals surface area contributed by atoms with Crippen molar-refractivity contribution in [3.63, 3.8) is 0 Å². The number of aliphatic hydroxyl groups excluding tert-OH is 1. The average molecular weight is 334 g/mol. The monoisotopic (exact) mass is 334 g/mol. The van der Waals surface area contributed by atoms with Crippen molar-refractivity contribution in [2.24, 2.45) is 0 Å². The minimum Gasteiger partial charge on any atom is -0.491 e. The molecule has 1 atom stereocenters. The number of benzene rings is 1. The van der Waals surface area contributed by atoms with E-state index in [1.165, 1.54) is 0 Å². The first-order valence-corrected chi connectivity index (χ1v) is 9.06. The quantitative estimate of drug-likeness (QED) is 0.680. The molecule has 1 saturated heterocycles. The Labute approximate surface area is 145 Å². The van der Waals surface area contributed by atoms with Crippen LogP contribution in [0.3, 0.4) is 0 Å². The second kappa shape index (κ2) is 10.3. The van der Waals surface area contributed by atoms with Crippen molar-refractivity contribution in [2.45, 2.75) is 51.2 Å². The molecule has 5 heteroatoms. The van der Waals surface area contributed by atoms with E-state index >= 15 is 0 Å². The predicted molar refractivity (Wildman–Crippen MR) is 95.1 cm³/mol. The van der Waals surface area contributed by atoms with E-state index in [0.29, 0.717) is 19.1 Å². The minimum atomic E-state index is -0.434. The average Bonchev–Trinajstić information content (AvgIpc) is 2.64. The van der Waals surface area contributed by atoms with Gasteiger partial charge in [0.25, 0.3) is 0 Å². The van der Waals surface area contributed by atoms with Crippen LogP contribution in [0.1, 0.15) is 39.0 Å². The fourth-order valence-corrected chi connectivity index (χ4v) is 2.99. The molecular weight excluding hydrogens is 304 g/mol. The Morgan fingerprint density at radius 3 is 2.71 bits per heavy atom. The van der Waals surface area contributed by atoms with Crippen LogP contribution >= 0.6 is 0 Å². The van der Waals surface area contributed by atoms with Crippen molar-refractivity contribution in [2.75, 3.05) is 26.2 Å². The van der Waals surface area contributed by atoms with Gasteiger partial charge in [0.05, 0.1) is 6.10 Å². The van der Waals surface area contributed by atoms with Crippen LogP contribution in [0, 0.1) is 0 Å². The summed E-state index contributed by atoms with van der Waals surface area (Å²) in [5.74, 6) is 1.05. The third-order valence-electron chi connectivity index (χ3n) is 4.48. The van der Waals surface area contributed by atoms with Crippen LogP contribution in [0.15, 0.2) is 30.3 Å². The molecular formula is C19H30N2O3. The minimum absolute atomic E-state index is 0.259. The third kappa shape index (κ3) is 6.49. The highest BCUT2D eigenvalue weighted by Gasteiger charge is 2.21. The summed E-state index contributed by atoms with van der Waals surface area (Å²) in [5.41, 5.74) is 0. The molecule has 0 saturated carbocycles. The molecule has 1 aromatic rings. The van der Waals surface area contributed by atoms with Gasteiger partial charge in [0, 0.05) is 25.6 Å². The van der Waals surface area contributed by atoms with Gasteiger partial charge in [0.1, 0.15) is 12.4 Å². The predicted octanol–water partition coefficient (Wildman–Crippen LogP) is 2.20. The molecule has 0 aliphatic carbocycles. The number of likely N-dealkylation sites (tertiary alicyclic amines) is 1. The first-order chi connectivity index (χ1) is 11.7. The summed E-state index contributed by atoms with van der Waals surface area (Å²) >= 11 is 0. The molecule has 0 bridgehead atoms. The summed E-state index contributed by atoms with van der Waals surface area (Å²) in [6.45, 7) is 4.87. The van der Waals surface area contributed by atoms with Crippen molar-refractivity contribution >= 4 is 5.91 Å². The molecule has 1 aromatic carbocycles.